The molecule has 12 heteroatoms. The molecule has 0 radical (unpaired) electrons. The van der Waals surface area contributed by atoms with E-state index in [2.05, 4.69) is 10.6 Å². The third kappa shape index (κ3) is 6.89. The molecule has 34 heavy (non-hydrogen) atoms. The van der Waals surface area contributed by atoms with Crippen LogP contribution in [0.1, 0.15) is 58.8 Å². The number of nitrogens with zero attached hydrogens (tertiary/aromatic N) is 2. The summed E-state index contributed by atoms with van der Waals surface area (Å²) < 4.78 is 0. The molecule has 0 aromatic rings. The van der Waals surface area contributed by atoms with Gasteiger partial charge in [-0.3, -0.25) is 24.0 Å². The standard InChI is InChI=1S/C22H38N6O6/c1-13(25-18(29)15(24)7-3-4-10-23)20(31)28-12-6-9-17(28)21(32)27-11-5-8-16(27)19(30)26-14(2)22(33)34/h13-17H,3-12,23-24H2,1-2H3,(H,25,29)(H,26,30)(H,33,34)/t13-,14-,15-,16-,17-/m0/s1. The highest BCUT2D eigenvalue weighted by Crippen LogP contribution is 2.25. The third-order valence-corrected chi connectivity index (χ3v) is 6.42. The molecule has 7 N–H and O–H groups in total. The van der Waals surface area contributed by atoms with E-state index in [0.29, 0.717) is 58.2 Å². The van der Waals surface area contributed by atoms with Gasteiger partial charge in [0.1, 0.15) is 24.2 Å². The number of rotatable bonds is 11. The number of nitrogens with two attached hydrogens (primary N) is 2. The van der Waals surface area contributed by atoms with Crippen molar-refractivity contribution in [2.45, 2.75) is 89.0 Å². The first-order valence-corrected chi connectivity index (χ1v) is 12.0. The number of unbranched alkanes of at least 4 members (excludes halogenated alkanes) is 1. The second-order valence-electron chi connectivity index (χ2n) is 9.07. The lowest BCUT2D eigenvalue weighted by molar-refractivity contribution is -0.148. The maximum absolute atomic E-state index is 13.3. The van der Waals surface area contributed by atoms with Crippen LogP contribution in [0.2, 0.25) is 0 Å². The minimum atomic E-state index is -1.16. The monoisotopic (exact) mass is 482 g/mol. The summed E-state index contributed by atoms with van der Waals surface area (Å²) >= 11 is 0. The Morgan fingerprint density at radius 1 is 0.941 bits per heavy atom. The Labute approximate surface area is 199 Å². The molecule has 0 bridgehead atoms. The molecule has 12 nitrogen and oxygen atoms in total. The predicted molar refractivity (Wildman–Crippen MR) is 123 cm³/mol. The van der Waals surface area contributed by atoms with Crippen molar-refractivity contribution in [1.82, 2.24) is 20.4 Å². The molecule has 2 aliphatic rings. The van der Waals surface area contributed by atoms with Gasteiger partial charge < -0.3 is 37.0 Å². The van der Waals surface area contributed by atoms with Crippen LogP contribution in [0.15, 0.2) is 0 Å². The number of carbonyl (C=O) groups is 5. The van der Waals surface area contributed by atoms with Gasteiger partial charge in [-0.2, -0.15) is 0 Å². The molecule has 0 saturated carbocycles. The quantitative estimate of drug-likeness (QED) is 0.220. The molecule has 0 spiro atoms. The van der Waals surface area contributed by atoms with Crippen LogP contribution in [0.25, 0.3) is 0 Å². The Morgan fingerprint density at radius 2 is 1.56 bits per heavy atom. The summed E-state index contributed by atoms with van der Waals surface area (Å²) in [5.41, 5.74) is 11.4. The molecule has 5 atom stereocenters. The lowest BCUT2D eigenvalue weighted by Gasteiger charge is -2.32. The summed E-state index contributed by atoms with van der Waals surface area (Å²) in [6.45, 7) is 4.18. The van der Waals surface area contributed by atoms with Crippen molar-refractivity contribution in [1.29, 1.82) is 0 Å². The average molecular weight is 483 g/mol. The van der Waals surface area contributed by atoms with Crippen molar-refractivity contribution in [3.05, 3.63) is 0 Å². The van der Waals surface area contributed by atoms with Crippen LogP contribution in [-0.2, 0) is 24.0 Å². The van der Waals surface area contributed by atoms with Gasteiger partial charge in [0.05, 0.1) is 6.04 Å². The molecule has 0 aromatic carbocycles. The zero-order valence-corrected chi connectivity index (χ0v) is 20.0. The molecule has 0 aromatic heterocycles. The summed E-state index contributed by atoms with van der Waals surface area (Å²) in [6, 6.07) is -4.16. The van der Waals surface area contributed by atoms with Crippen LogP contribution in [0.4, 0.5) is 0 Å². The summed E-state index contributed by atoms with van der Waals surface area (Å²) in [6.07, 6.45) is 4.07. The van der Waals surface area contributed by atoms with Crippen molar-refractivity contribution in [2.24, 2.45) is 11.5 Å². The van der Waals surface area contributed by atoms with E-state index in [1.165, 1.54) is 16.7 Å². The molecule has 2 fully saturated rings. The molecular weight excluding hydrogens is 444 g/mol. The van der Waals surface area contributed by atoms with E-state index in [9.17, 15) is 24.0 Å². The van der Waals surface area contributed by atoms with Crippen molar-refractivity contribution in [3.8, 4) is 0 Å². The molecule has 4 amide bonds. The first kappa shape index (κ1) is 27.5. The fourth-order valence-electron chi connectivity index (χ4n) is 4.42. The fraction of sp³-hybridized carbons (Fsp3) is 0.773. The zero-order chi connectivity index (χ0) is 25.4. The van der Waals surface area contributed by atoms with Crippen molar-refractivity contribution in [3.63, 3.8) is 0 Å². The van der Waals surface area contributed by atoms with Crippen molar-refractivity contribution >= 4 is 29.6 Å². The Bertz CT molecular complexity index is 777. The van der Waals surface area contributed by atoms with Gasteiger partial charge in [-0.05, 0) is 58.9 Å². The zero-order valence-electron chi connectivity index (χ0n) is 20.0. The van der Waals surface area contributed by atoms with Gasteiger partial charge in [-0.25, -0.2) is 0 Å². The Morgan fingerprint density at radius 3 is 2.18 bits per heavy atom. The first-order valence-electron chi connectivity index (χ1n) is 12.0. The van der Waals surface area contributed by atoms with E-state index in [1.807, 2.05) is 0 Å². The van der Waals surface area contributed by atoms with E-state index < -0.39 is 48.0 Å². The molecular formula is C22H38N6O6. The molecule has 192 valence electrons. The molecule has 2 rings (SSSR count). The van der Waals surface area contributed by atoms with E-state index in [-0.39, 0.29) is 11.8 Å². The topological polar surface area (TPSA) is 188 Å². The van der Waals surface area contributed by atoms with Gasteiger partial charge in [0.15, 0.2) is 0 Å². The predicted octanol–water partition coefficient (Wildman–Crippen LogP) is -1.48. The van der Waals surface area contributed by atoms with Crippen molar-refractivity contribution in [2.75, 3.05) is 19.6 Å². The second kappa shape index (κ2) is 12.7. The lowest BCUT2D eigenvalue weighted by atomic mass is 10.1. The number of carboxylic acids is 1. The average Bonchev–Trinajstić information content (AvgIpc) is 3.47. The van der Waals surface area contributed by atoms with E-state index >= 15 is 0 Å². The fourth-order valence-corrected chi connectivity index (χ4v) is 4.42. The minimum Gasteiger partial charge on any atom is -0.480 e. The number of amides is 4. The third-order valence-electron chi connectivity index (χ3n) is 6.42. The molecule has 0 unspecified atom stereocenters. The summed E-state index contributed by atoms with van der Waals surface area (Å²) in [7, 11) is 0. The smallest absolute Gasteiger partial charge is 0.325 e. The maximum Gasteiger partial charge on any atom is 0.325 e. The first-order chi connectivity index (χ1) is 16.1. The van der Waals surface area contributed by atoms with Gasteiger partial charge in [0.2, 0.25) is 23.6 Å². The highest BCUT2D eigenvalue weighted by molar-refractivity contribution is 5.95. The number of carbonyl (C=O) groups excluding carboxylic acids is 4. The summed E-state index contributed by atoms with van der Waals surface area (Å²) in [5.74, 6) is -2.81. The Hall–Kier alpha value is -2.73. The van der Waals surface area contributed by atoms with E-state index in [4.69, 9.17) is 16.6 Å². The SMILES string of the molecule is C[C@H](NC(=O)[C@@H]1CCCN1C(=O)[C@@H]1CCCN1C(=O)[C@H](C)NC(=O)[C@@H](N)CCCCN)C(=O)O. The van der Waals surface area contributed by atoms with Crippen LogP contribution in [0.5, 0.6) is 0 Å². The van der Waals surface area contributed by atoms with Crippen LogP contribution in [-0.4, -0.2) is 94.3 Å². The van der Waals surface area contributed by atoms with Crippen LogP contribution in [0.3, 0.4) is 0 Å². The van der Waals surface area contributed by atoms with E-state index in [1.54, 1.807) is 6.92 Å². The van der Waals surface area contributed by atoms with Crippen LogP contribution < -0.4 is 22.1 Å². The van der Waals surface area contributed by atoms with Crippen LogP contribution in [0, 0.1) is 0 Å². The highest BCUT2D eigenvalue weighted by atomic mass is 16.4. The van der Waals surface area contributed by atoms with E-state index in [0.717, 1.165) is 6.42 Å². The number of nitrogens with one attached hydrogen (secondary N) is 2. The normalized spacial score (nSPS) is 22.7. The lowest BCUT2D eigenvalue weighted by Crippen LogP contribution is -2.57. The Balaban J connectivity index is 1.99. The number of likely N-dealkylation sites (tertiary alicyclic amines) is 2. The van der Waals surface area contributed by atoms with Gasteiger partial charge in [0.25, 0.3) is 0 Å². The maximum atomic E-state index is 13.3. The van der Waals surface area contributed by atoms with Gasteiger partial charge in [-0.1, -0.05) is 6.42 Å². The number of carboxylic acid groups (broad SMARTS) is 1. The summed E-state index contributed by atoms with van der Waals surface area (Å²) in [4.78, 5) is 65.3. The summed E-state index contributed by atoms with van der Waals surface area (Å²) in [5, 5.41) is 14.1. The largest absolute Gasteiger partial charge is 0.480 e. The molecule has 2 saturated heterocycles. The minimum absolute atomic E-state index is 0.330. The number of hydrogen-bond donors (Lipinski definition) is 5. The molecule has 2 aliphatic heterocycles. The molecule has 0 aliphatic carbocycles. The van der Waals surface area contributed by atoms with Gasteiger partial charge in [0, 0.05) is 13.1 Å². The second-order valence-corrected chi connectivity index (χ2v) is 9.07. The molecule has 2 heterocycles. The van der Waals surface area contributed by atoms with Gasteiger partial charge in [-0.15, -0.1) is 0 Å². The van der Waals surface area contributed by atoms with Crippen LogP contribution >= 0.6 is 0 Å². The van der Waals surface area contributed by atoms with Gasteiger partial charge >= 0.3 is 5.97 Å². The number of hydrogen-bond acceptors (Lipinski definition) is 7. The number of aliphatic carboxylic acids is 1. The van der Waals surface area contributed by atoms with Crippen molar-refractivity contribution < 1.29 is 29.1 Å². The Kier molecular flexibility index (Phi) is 10.2. The highest BCUT2D eigenvalue weighted by Gasteiger charge is 2.43.